The third-order valence-electron chi connectivity index (χ3n) is 4.19. The number of nitrogens with one attached hydrogen (secondary N) is 1. The standard InChI is InChI=1S/C14H18N4O2/c15-13-10-6-18(7-11(10)13)12(19)5-8-1-3-9(4-2-8)17-14(16)20/h1-4,10-11,13H,5-7,15H2,(H3,16,17,20)/t10-,11+,13?. The van der Waals surface area contributed by atoms with Crippen LogP contribution in [0.2, 0.25) is 0 Å². The summed E-state index contributed by atoms with van der Waals surface area (Å²) in [6.45, 7) is 1.60. The van der Waals surface area contributed by atoms with Crippen LogP contribution in [-0.2, 0) is 11.2 Å². The van der Waals surface area contributed by atoms with E-state index in [-0.39, 0.29) is 5.91 Å². The molecule has 1 unspecified atom stereocenters. The molecule has 106 valence electrons. The summed E-state index contributed by atoms with van der Waals surface area (Å²) in [6, 6.07) is 6.84. The zero-order valence-corrected chi connectivity index (χ0v) is 11.1. The average Bonchev–Trinajstić information content (AvgIpc) is 2.85. The first kappa shape index (κ1) is 12.9. The van der Waals surface area contributed by atoms with Crippen molar-refractivity contribution >= 4 is 17.6 Å². The molecule has 1 saturated carbocycles. The number of primary amides is 1. The van der Waals surface area contributed by atoms with Gasteiger partial charge in [0.25, 0.3) is 0 Å². The van der Waals surface area contributed by atoms with Crippen molar-refractivity contribution in [2.45, 2.75) is 12.5 Å². The van der Waals surface area contributed by atoms with Crippen molar-refractivity contribution in [3.63, 3.8) is 0 Å². The molecular formula is C14H18N4O2. The summed E-state index contributed by atoms with van der Waals surface area (Å²) in [4.78, 5) is 24.7. The molecule has 1 aliphatic heterocycles. The summed E-state index contributed by atoms with van der Waals surface area (Å²) >= 11 is 0. The topological polar surface area (TPSA) is 101 Å². The van der Waals surface area contributed by atoms with Crippen LogP contribution >= 0.6 is 0 Å². The van der Waals surface area contributed by atoms with Crippen LogP contribution in [0.15, 0.2) is 24.3 Å². The fraction of sp³-hybridized carbons (Fsp3) is 0.429. The number of carbonyl (C=O) groups is 2. The molecular weight excluding hydrogens is 256 g/mol. The first-order valence-electron chi connectivity index (χ1n) is 6.73. The Morgan fingerprint density at radius 1 is 1.20 bits per heavy atom. The highest BCUT2D eigenvalue weighted by molar-refractivity contribution is 5.87. The number of nitrogens with two attached hydrogens (primary N) is 2. The lowest BCUT2D eigenvalue weighted by Crippen LogP contribution is -2.34. The van der Waals surface area contributed by atoms with E-state index in [1.807, 2.05) is 17.0 Å². The summed E-state index contributed by atoms with van der Waals surface area (Å²) in [5, 5.41) is 2.49. The third kappa shape index (κ3) is 2.46. The molecule has 1 aromatic rings. The lowest BCUT2D eigenvalue weighted by molar-refractivity contribution is -0.129. The Kier molecular flexibility index (Phi) is 3.10. The van der Waals surface area contributed by atoms with Gasteiger partial charge in [-0.2, -0.15) is 0 Å². The van der Waals surface area contributed by atoms with E-state index in [4.69, 9.17) is 11.5 Å². The van der Waals surface area contributed by atoms with Crippen molar-refractivity contribution in [2.24, 2.45) is 23.3 Å². The van der Waals surface area contributed by atoms with E-state index < -0.39 is 6.03 Å². The minimum atomic E-state index is -0.596. The summed E-state index contributed by atoms with van der Waals surface area (Å²) in [6.07, 6.45) is 0.380. The highest BCUT2D eigenvalue weighted by Crippen LogP contribution is 2.43. The fourth-order valence-corrected chi connectivity index (χ4v) is 2.91. The van der Waals surface area contributed by atoms with Crippen molar-refractivity contribution in [1.29, 1.82) is 0 Å². The summed E-state index contributed by atoms with van der Waals surface area (Å²) in [7, 11) is 0. The maximum Gasteiger partial charge on any atom is 0.316 e. The van der Waals surface area contributed by atoms with Crippen LogP contribution in [0.1, 0.15) is 5.56 Å². The normalized spacial score (nSPS) is 27.1. The van der Waals surface area contributed by atoms with Crippen molar-refractivity contribution < 1.29 is 9.59 Å². The molecule has 5 N–H and O–H groups in total. The molecule has 2 fully saturated rings. The van der Waals surface area contributed by atoms with Gasteiger partial charge in [-0.3, -0.25) is 4.79 Å². The number of carbonyl (C=O) groups excluding carboxylic acids is 2. The Morgan fingerprint density at radius 2 is 1.80 bits per heavy atom. The van der Waals surface area contributed by atoms with Crippen LogP contribution in [-0.4, -0.2) is 36.0 Å². The smallest absolute Gasteiger partial charge is 0.316 e. The van der Waals surface area contributed by atoms with E-state index in [2.05, 4.69) is 5.32 Å². The van der Waals surface area contributed by atoms with Gasteiger partial charge in [0.15, 0.2) is 0 Å². The zero-order valence-electron chi connectivity index (χ0n) is 11.1. The van der Waals surface area contributed by atoms with E-state index in [0.29, 0.717) is 30.0 Å². The largest absolute Gasteiger partial charge is 0.351 e. The highest BCUT2D eigenvalue weighted by atomic mass is 16.2. The van der Waals surface area contributed by atoms with E-state index in [1.54, 1.807) is 12.1 Å². The Bertz CT molecular complexity index is 531. The quantitative estimate of drug-likeness (QED) is 0.730. The molecule has 0 radical (unpaired) electrons. The maximum absolute atomic E-state index is 12.1. The Hall–Kier alpha value is -2.08. The molecule has 3 rings (SSSR count). The van der Waals surface area contributed by atoms with E-state index in [1.165, 1.54) is 0 Å². The number of urea groups is 1. The molecule has 6 nitrogen and oxygen atoms in total. The molecule has 0 spiro atoms. The molecule has 0 bridgehead atoms. The van der Waals surface area contributed by atoms with Gasteiger partial charge in [-0.1, -0.05) is 12.1 Å². The van der Waals surface area contributed by atoms with Gasteiger partial charge in [-0.05, 0) is 29.5 Å². The lowest BCUT2D eigenvalue weighted by atomic mass is 10.1. The van der Waals surface area contributed by atoms with Crippen LogP contribution in [0.5, 0.6) is 0 Å². The Labute approximate surface area is 117 Å². The van der Waals surface area contributed by atoms with Crippen LogP contribution in [0.25, 0.3) is 0 Å². The van der Waals surface area contributed by atoms with Gasteiger partial charge in [0.1, 0.15) is 0 Å². The van der Waals surface area contributed by atoms with Crippen LogP contribution in [0.4, 0.5) is 10.5 Å². The molecule has 6 heteroatoms. The second-order valence-corrected chi connectivity index (χ2v) is 5.57. The third-order valence-corrected chi connectivity index (χ3v) is 4.19. The van der Waals surface area contributed by atoms with Crippen molar-refractivity contribution in [3.05, 3.63) is 29.8 Å². The van der Waals surface area contributed by atoms with Gasteiger partial charge in [-0.25, -0.2) is 4.79 Å². The highest BCUT2D eigenvalue weighted by Gasteiger charge is 2.54. The predicted molar refractivity (Wildman–Crippen MR) is 74.9 cm³/mol. The number of fused-ring (bicyclic) bond motifs is 1. The number of rotatable bonds is 3. The first-order valence-corrected chi connectivity index (χ1v) is 6.73. The van der Waals surface area contributed by atoms with Crippen molar-refractivity contribution in [1.82, 2.24) is 4.90 Å². The number of nitrogens with zero attached hydrogens (tertiary/aromatic N) is 1. The molecule has 2 aliphatic rings. The summed E-state index contributed by atoms with van der Waals surface area (Å²) in [5.74, 6) is 1.17. The van der Waals surface area contributed by atoms with E-state index in [0.717, 1.165) is 18.7 Å². The first-order chi connectivity index (χ1) is 9.54. The minimum absolute atomic E-state index is 0.139. The number of likely N-dealkylation sites (tertiary alicyclic amines) is 1. The summed E-state index contributed by atoms with van der Waals surface area (Å²) in [5.41, 5.74) is 12.4. The second kappa shape index (κ2) is 4.79. The molecule has 0 aromatic heterocycles. The van der Waals surface area contributed by atoms with E-state index in [9.17, 15) is 9.59 Å². The maximum atomic E-state index is 12.1. The van der Waals surface area contributed by atoms with Crippen LogP contribution in [0.3, 0.4) is 0 Å². The van der Waals surface area contributed by atoms with E-state index >= 15 is 0 Å². The molecule has 20 heavy (non-hydrogen) atoms. The van der Waals surface area contributed by atoms with Crippen LogP contribution in [0, 0.1) is 11.8 Å². The lowest BCUT2D eigenvalue weighted by Gasteiger charge is -2.19. The number of benzene rings is 1. The Balaban J connectivity index is 1.55. The fourth-order valence-electron chi connectivity index (χ4n) is 2.91. The molecule has 1 saturated heterocycles. The average molecular weight is 274 g/mol. The SMILES string of the molecule is NC(=O)Nc1ccc(CC(=O)N2C[C@@H]3C(N)[C@@H]3C2)cc1. The van der Waals surface area contributed by atoms with Gasteiger partial charge >= 0.3 is 6.03 Å². The second-order valence-electron chi connectivity index (χ2n) is 5.57. The monoisotopic (exact) mass is 274 g/mol. The number of hydrogen-bond donors (Lipinski definition) is 3. The van der Waals surface area contributed by atoms with Crippen LogP contribution < -0.4 is 16.8 Å². The molecule has 1 aliphatic carbocycles. The molecule has 1 heterocycles. The number of amides is 3. The molecule has 3 atom stereocenters. The van der Waals surface area contributed by atoms with Gasteiger partial charge in [0, 0.05) is 24.8 Å². The summed E-state index contributed by atoms with van der Waals surface area (Å²) < 4.78 is 0. The zero-order chi connectivity index (χ0) is 14.3. The van der Waals surface area contributed by atoms with Crippen molar-refractivity contribution in [3.8, 4) is 0 Å². The van der Waals surface area contributed by atoms with Gasteiger partial charge in [0.2, 0.25) is 5.91 Å². The van der Waals surface area contributed by atoms with Crippen molar-refractivity contribution in [2.75, 3.05) is 18.4 Å². The Morgan fingerprint density at radius 3 is 2.35 bits per heavy atom. The molecule has 1 aromatic carbocycles. The number of piperidine rings is 1. The number of hydrogen-bond acceptors (Lipinski definition) is 3. The molecule has 3 amide bonds. The minimum Gasteiger partial charge on any atom is -0.351 e. The van der Waals surface area contributed by atoms with Gasteiger partial charge in [-0.15, -0.1) is 0 Å². The van der Waals surface area contributed by atoms with Gasteiger partial charge < -0.3 is 21.7 Å². The van der Waals surface area contributed by atoms with Gasteiger partial charge in [0.05, 0.1) is 6.42 Å². The predicted octanol–water partition coefficient (Wildman–Crippen LogP) is 0.135. The number of anilines is 1.